The number of esters is 2. The molecule has 0 aromatic heterocycles. The van der Waals surface area contributed by atoms with Gasteiger partial charge in [-0.15, -0.1) is 0 Å². The first kappa shape index (κ1) is 18.7. The van der Waals surface area contributed by atoms with Crippen molar-refractivity contribution in [2.75, 3.05) is 19.0 Å². The van der Waals surface area contributed by atoms with Crippen molar-refractivity contribution in [3.8, 4) is 0 Å². The van der Waals surface area contributed by atoms with E-state index in [1.165, 1.54) is 7.11 Å². The van der Waals surface area contributed by atoms with Gasteiger partial charge in [-0.05, 0) is 36.4 Å². The smallest absolute Gasteiger partial charge is 0.344 e. The summed E-state index contributed by atoms with van der Waals surface area (Å²) in [6.45, 7) is -0.483. The molecule has 0 atom stereocenters. The maximum absolute atomic E-state index is 12.3. The minimum Gasteiger partial charge on any atom is -0.466 e. The number of carbonyl (C=O) groups excluding carboxylic acids is 2. The lowest BCUT2D eigenvalue weighted by Crippen LogP contribution is -2.16. The zero-order valence-corrected chi connectivity index (χ0v) is 14.0. The number of hydrogen-bond acceptors (Lipinski definition) is 6. The normalized spacial score (nSPS) is 10.4. The number of hydrogen-bond donors (Lipinski definition) is 1. The number of alkyl halides is 2. The van der Waals surface area contributed by atoms with Crippen LogP contribution in [0.3, 0.4) is 0 Å². The standard InChI is InChI=1S/C17H15F2NO4S/c1-23-15(21)10-24-16(22)13-4-2-3-5-14(13)20-11-6-8-12(9-7-11)25-17(18)19/h2-9,17,20H,10H2,1H3. The zero-order valence-electron chi connectivity index (χ0n) is 13.2. The summed E-state index contributed by atoms with van der Waals surface area (Å²) in [6.07, 6.45) is 0. The van der Waals surface area contributed by atoms with Gasteiger partial charge in [-0.1, -0.05) is 23.9 Å². The molecule has 2 rings (SSSR count). The first-order chi connectivity index (χ1) is 12.0. The minimum atomic E-state index is -2.48. The SMILES string of the molecule is COC(=O)COC(=O)c1ccccc1Nc1ccc(SC(F)F)cc1. The number of thioether (sulfide) groups is 1. The van der Waals surface area contributed by atoms with E-state index < -0.39 is 24.3 Å². The highest BCUT2D eigenvalue weighted by Gasteiger charge is 2.14. The fourth-order valence-electron chi connectivity index (χ4n) is 1.91. The molecule has 0 heterocycles. The van der Waals surface area contributed by atoms with Crippen LogP contribution in [0.2, 0.25) is 0 Å². The van der Waals surface area contributed by atoms with Gasteiger partial charge >= 0.3 is 11.9 Å². The fourth-order valence-corrected chi connectivity index (χ4v) is 2.41. The van der Waals surface area contributed by atoms with Crippen LogP contribution in [0, 0.1) is 0 Å². The van der Waals surface area contributed by atoms with Crippen molar-refractivity contribution >= 4 is 35.1 Å². The molecule has 25 heavy (non-hydrogen) atoms. The van der Waals surface area contributed by atoms with E-state index in [9.17, 15) is 18.4 Å². The molecule has 8 heteroatoms. The second kappa shape index (κ2) is 9.03. The van der Waals surface area contributed by atoms with Gasteiger partial charge in [-0.2, -0.15) is 8.78 Å². The summed E-state index contributed by atoms with van der Waals surface area (Å²) in [5.41, 5.74) is 1.32. The molecule has 0 unspecified atom stereocenters. The van der Waals surface area contributed by atoms with Crippen LogP contribution in [0.25, 0.3) is 0 Å². The van der Waals surface area contributed by atoms with E-state index in [1.54, 1.807) is 48.5 Å². The van der Waals surface area contributed by atoms with Gasteiger partial charge in [0.1, 0.15) is 0 Å². The predicted octanol–water partition coefficient (Wildman–Crippen LogP) is 4.07. The van der Waals surface area contributed by atoms with E-state index in [-0.39, 0.29) is 5.56 Å². The van der Waals surface area contributed by atoms with Gasteiger partial charge in [-0.25, -0.2) is 9.59 Å². The molecule has 132 valence electrons. The molecule has 0 aliphatic carbocycles. The number of methoxy groups -OCH3 is 1. The molecule has 2 aromatic carbocycles. The highest BCUT2D eigenvalue weighted by Crippen LogP contribution is 2.28. The molecule has 0 fully saturated rings. The van der Waals surface area contributed by atoms with E-state index in [4.69, 9.17) is 4.74 Å². The summed E-state index contributed by atoms with van der Waals surface area (Å²) in [7, 11) is 1.20. The van der Waals surface area contributed by atoms with E-state index >= 15 is 0 Å². The van der Waals surface area contributed by atoms with Gasteiger partial charge in [0.25, 0.3) is 5.76 Å². The molecule has 0 radical (unpaired) electrons. The van der Waals surface area contributed by atoms with Crippen LogP contribution in [-0.4, -0.2) is 31.4 Å². The third-order valence-corrected chi connectivity index (χ3v) is 3.78. The minimum absolute atomic E-state index is 0.234. The Balaban J connectivity index is 2.09. The number of halogens is 2. The van der Waals surface area contributed by atoms with Crippen LogP contribution in [0.5, 0.6) is 0 Å². The molecule has 0 spiro atoms. The van der Waals surface area contributed by atoms with E-state index in [0.717, 1.165) is 0 Å². The molecule has 0 saturated heterocycles. The Morgan fingerprint density at radius 1 is 1.12 bits per heavy atom. The average molecular weight is 367 g/mol. The maximum Gasteiger partial charge on any atom is 0.344 e. The Kier molecular flexibility index (Phi) is 6.76. The summed E-state index contributed by atoms with van der Waals surface area (Å²) >= 11 is 0.454. The van der Waals surface area contributed by atoms with Gasteiger partial charge in [0.15, 0.2) is 6.61 Å². The van der Waals surface area contributed by atoms with Crippen molar-refractivity contribution in [1.29, 1.82) is 0 Å². The fraction of sp³-hybridized carbons (Fsp3) is 0.176. The Morgan fingerprint density at radius 3 is 2.44 bits per heavy atom. The first-order valence-corrected chi connectivity index (χ1v) is 8.02. The van der Waals surface area contributed by atoms with Gasteiger partial charge in [0, 0.05) is 10.6 Å². The molecular formula is C17H15F2NO4S. The van der Waals surface area contributed by atoms with Crippen LogP contribution in [0.1, 0.15) is 10.4 Å². The third kappa shape index (κ3) is 5.75. The molecule has 0 saturated carbocycles. The van der Waals surface area contributed by atoms with Crippen LogP contribution >= 0.6 is 11.8 Å². The second-order valence-electron chi connectivity index (χ2n) is 4.73. The summed E-state index contributed by atoms with van der Waals surface area (Å²) in [4.78, 5) is 23.6. The van der Waals surface area contributed by atoms with Crippen molar-refractivity contribution in [2.24, 2.45) is 0 Å². The van der Waals surface area contributed by atoms with Gasteiger partial charge in [0.2, 0.25) is 0 Å². The highest BCUT2D eigenvalue weighted by atomic mass is 32.2. The Morgan fingerprint density at radius 2 is 1.80 bits per heavy atom. The number of carbonyl (C=O) groups is 2. The van der Waals surface area contributed by atoms with E-state index in [2.05, 4.69) is 10.1 Å². The monoisotopic (exact) mass is 367 g/mol. The summed E-state index contributed by atoms with van der Waals surface area (Å²) in [5, 5.41) is 3.02. The molecule has 1 N–H and O–H groups in total. The largest absolute Gasteiger partial charge is 0.466 e. The Bertz CT molecular complexity index is 738. The predicted molar refractivity (Wildman–Crippen MR) is 90.3 cm³/mol. The number of para-hydroxylation sites is 1. The van der Waals surface area contributed by atoms with Crippen LogP contribution < -0.4 is 5.32 Å². The number of anilines is 2. The van der Waals surface area contributed by atoms with Crippen LogP contribution in [-0.2, 0) is 14.3 Å². The van der Waals surface area contributed by atoms with Crippen molar-refractivity contribution in [2.45, 2.75) is 10.7 Å². The van der Waals surface area contributed by atoms with Crippen molar-refractivity contribution in [3.05, 3.63) is 54.1 Å². The number of ether oxygens (including phenoxy) is 2. The highest BCUT2D eigenvalue weighted by molar-refractivity contribution is 7.99. The quantitative estimate of drug-likeness (QED) is 0.588. The topological polar surface area (TPSA) is 64.6 Å². The van der Waals surface area contributed by atoms with Crippen molar-refractivity contribution in [3.63, 3.8) is 0 Å². The van der Waals surface area contributed by atoms with E-state index in [0.29, 0.717) is 28.0 Å². The molecule has 0 bridgehead atoms. The Hall–Kier alpha value is -2.61. The van der Waals surface area contributed by atoms with Gasteiger partial charge in [-0.3, -0.25) is 0 Å². The summed E-state index contributed by atoms with van der Waals surface area (Å²) in [6, 6.07) is 12.9. The maximum atomic E-state index is 12.3. The van der Waals surface area contributed by atoms with Crippen molar-refractivity contribution < 1.29 is 27.8 Å². The van der Waals surface area contributed by atoms with Crippen LogP contribution in [0.4, 0.5) is 20.2 Å². The first-order valence-electron chi connectivity index (χ1n) is 7.14. The second-order valence-corrected chi connectivity index (χ2v) is 5.79. The van der Waals surface area contributed by atoms with E-state index in [1.807, 2.05) is 0 Å². The summed E-state index contributed by atoms with van der Waals surface area (Å²) < 4.78 is 34.0. The lowest BCUT2D eigenvalue weighted by atomic mass is 10.1. The third-order valence-electron chi connectivity index (χ3n) is 3.05. The van der Waals surface area contributed by atoms with Gasteiger partial charge in [0.05, 0.1) is 18.4 Å². The molecule has 2 aromatic rings. The zero-order chi connectivity index (χ0) is 18.2. The molecule has 5 nitrogen and oxygen atoms in total. The number of benzene rings is 2. The summed E-state index contributed by atoms with van der Waals surface area (Å²) in [5.74, 6) is -3.83. The van der Waals surface area contributed by atoms with Gasteiger partial charge < -0.3 is 14.8 Å². The average Bonchev–Trinajstić information content (AvgIpc) is 2.61. The van der Waals surface area contributed by atoms with Crippen molar-refractivity contribution in [1.82, 2.24) is 0 Å². The number of rotatable bonds is 7. The molecule has 0 amide bonds. The molecule has 0 aliphatic rings. The molecule has 0 aliphatic heterocycles. The lowest BCUT2D eigenvalue weighted by molar-refractivity contribution is -0.144. The lowest BCUT2D eigenvalue weighted by Gasteiger charge is -2.12. The van der Waals surface area contributed by atoms with Crippen LogP contribution in [0.15, 0.2) is 53.4 Å². The molecular weight excluding hydrogens is 352 g/mol. The number of nitrogens with one attached hydrogen (secondary N) is 1. The Labute approximate surface area is 147 Å².